The summed E-state index contributed by atoms with van der Waals surface area (Å²) in [6, 6.07) is 11.9. The number of hydrogen-bond acceptors (Lipinski definition) is 13. The Kier molecular flexibility index (Phi) is 9.25. The smallest absolute Gasteiger partial charge is 0.233 e. The number of benzene rings is 2. The first-order valence-corrected chi connectivity index (χ1v) is 14.0. The molecule has 0 spiro atoms. The molecule has 10 N–H and O–H groups in total. The third-order valence-corrected chi connectivity index (χ3v) is 7.20. The number of piperidine rings is 2. The molecule has 0 aliphatic carbocycles. The van der Waals surface area contributed by atoms with Crippen LogP contribution in [0.3, 0.4) is 0 Å². The summed E-state index contributed by atoms with van der Waals surface area (Å²) in [6.07, 6.45) is 1.03. The number of nitrogens with two attached hydrogens (primary N) is 4. The van der Waals surface area contributed by atoms with Crippen LogP contribution in [0.25, 0.3) is 0 Å². The van der Waals surface area contributed by atoms with Crippen LogP contribution in [-0.4, -0.2) is 77.0 Å². The van der Waals surface area contributed by atoms with Crippen LogP contribution in [0.5, 0.6) is 5.75 Å². The van der Waals surface area contributed by atoms with Crippen molar-refractivity contribution < 1.29 is 19.1 Å². The number of aromatic nitrogens is 3. The lowest BCUT2D eigenvalue weighted by Gasteiger charge is -2.37. The minimum absolute atomic E-state index is 0.0595. The predicted molar refractivity (Wildman–Crippen MR) is 161 cm³/mol. The van der Waals surface area contributed by atoms with Crippen LogP contribution in [-0.2, 0) is 4.79 Å². The van der Waals surface area contributed by atoms with Gasteiger partial charge in [-0.15, -0.1) is 0 Å². The summed E-state index contributed by atoms with van der Waals surface area (Å²) in [5.74, 6) is 0.179. The number of Topliss-reactive ketones (excluding diaryl/α,β-unsaturated/α-hetero) is 1. The average molecular weight is 594 g/mol. The Bertz CT molecular complexity index is 1380. The maximum absolute atomic E-state index is 12.7. The molecule has 2 aliphatic heterocycles. The summed E-state index contributed by atoms with van der Waals surface area (Å²) < 4.78 is 12.4. The lowest BCUT2D eigenvalue weighted by Crippen LogP contribution is -2.54. The summed E-state index contributed by atoms with van der Waals surface area (Å²) >= 11 is 0. The van der Waals surface area contributed by atoms with Crippen LogP contribution < -0.4 is 48.3 Å². The molecule has 0 unspecified atom stereocenters. The molecule has 1 aromatic heterocycles. The molecule has 2 fully saturated rings. The number of nitrogens with zero attached hydrogens (tertiary/aromatic N) is 5. The topological polar surface area (TPSA) is 217 Å². The fourth-order valence-corrected chi connectivity index (χ4v) is 5.32. The van der Waals surface area contributed by atoms with Crippen molar-refractivity contribution in [1.82, 2.24) is 15.0 Å². The SMILES string of the molecule is N[C@@H]1C[C@H](N)CN(c2nc(Nc3ccc(C(=O)CC(=O)Nc4cccc(OF)c4)cc3)nc(N3C[C@H](N)C[C@H](N)C3)n2)C1. The zero-order chi connectivity index (χ0) is 30.5. The highest BCUT2D eigenvalue weighted by Crippen LogP contribution is 2.24. The maximum Gasteiger partial charge on any atom is 0.233 e. The van der Waals surface area contributed by atoms with Gasteiger partial charge in [-0.2, -0.15) is 15.0 Å². The number of amides is 1. The van der Waals surface area contributed by atoms with Gasteiger partial charge in [0.1, 0.15) is 0 Å². The van der Waals surface area contributed by atoms with E-state index in [1.165, 1.54) is 18.2 Å². The first-order valence-electron chi connectivity index (χ1n) is 14.0. The van der Waals surface area contributed by atoms with E-state index in [4.69, 9.17) is 27.9 Å². The number of nitrogens with one attached hydrogen (secondary N) is 2. The van der Waals surface area contributed by atoms with E-state index >= 15 is 0 Å². The lowest BCUT2D eigenvalue weighted by atomic mass is 10.0. The number of carbonyl (C=O) groups excluding carboxylic acids is 2. The molecule has 4 atom stereocenters. The molecular formula is C28H36FN11O3. The zero-order valence-electron chi connectivity index (χ0n) is 23.5. The molecule has 15 heteroatoms. The van der Waals surface area contributed by atoms with Gasteiger partial charge in [-0.25, -0.2) is 0 Å². The highest BCUT2D eigenvalue weighted by molar-refractivity contribution is 6.11. The van der Waals surface area contributed by atoms with Gasteiger partial charge in [0.25, 0.3) is 0 Å². The third-order valence-electron chi connectivity index (χ3n) is 7.20. The van der Waals surface area contributed by atoms with Crippen molar-refractivity contribution in [3.63, 3.8) is 0 Å². The minimum Gasteiger partial charge on any atom is -0.338 e. The summed E-state index contributed by atoms with van der Waals surface area (Å²) in [6.45, 7) is 2.20. The van der Waals surface area contributed by atoms with Crippen LogP contribution in [0.4, 0.5) is 33.7 Å². The van der Waals surface area contributed by atoms with Crippen molar-refractivity contribution in [2.24, 2.45) is 22.9 Å². The summed E-state index contributed by atoms with van der Waals surface area (Å²) in [7, 11) is 0. The molecule has 14 nitrogen and oxygen atoms in total. The van der Waals surface area contributed by atoms with E-state index in [1.54, 1.807) is 30.3 Å². The Morgan fingerprint density at radius 3 is 1.91 bits per heavy atom. The highest BCUT2D eigenvalue weighted by atomic mass is 19.3. The van der Waals surface area contributed by atoms with Gasteiger partial charge in [-0.1, -0.05) is 6.07 Å². The van der Waals surface area contributed by atoms with E-state index < -0.39 is 12.3 Å². The van der Waals surface area contributed by atoms with Crippen molar-refractivity contribution in [2.75, 3.05) is 46.6 Å². The van der Waals surface area contributed by atoms with Gasteiger partial charge < -0.3 is 43.4 Å². The van der Waals surface area contributed by atoms with Gasteiger partial charge in [0.05, 0.1) is 6.42 Å². The molecule has 43 heavy (non-hydrogen) atoms. The van der Waals surface area contributed by atoms with Crippen molar-refractivity contribution in [2.45, 2.75) is 43.4 Å². The molecule has 3 heterocycles. The van der Waals surface area contributed by atoms with E-state index in [1.807, 2.05) is 9.80 Å². The van der Waals surface area contributed by atoms with Crippen molar-refractivity contribution in [3.8, 4) is 5.75 Å². The molecule has 3 aromatic rings. The molecular weight excluding hydrogens is 557 g/mol. The molecule has 0 radical (unpaired) electrons. The minimum atomic E-state index is -0.539. The molecule has 2 aliphatic rings. The molecule has 0 saturated carbocycles. The van der Waals surface area contributed by atoms with E-state index in [0.717, 1.165) is 0 Å². The van der Waals surface area contributed by atoms with Crippen molar-refractivity contribution in [1.29, 1.82) is 0 Å². The van der Waals surface area contributed by atoms with Crippen molar-refractivity contribution >= 4 is 40.9 Å². The molecule has 228 valence electrons. The Hall–Kier alpha value is -4.44. The van der Waals surface area contributed by atoms with Crippen LogP contribution in [0.1, 0.15) is 29.6 Å². The van der Waals surface area contributed by atoms with Gasteiger partial charge in [0.15, 0.2) is 11.5 Å². The highest BCUT2D eigenvalue weighted by Gasteiger charge is 2.29. The van der Waals surface area contributed by atoms with E-state index in [9.17, 15) is 14.1 Å². The Labute approximate surface area is 247 Å². The van der Waals surface area contributed by atoms with Crippen LogP contribution in [0.2, 0.25) is 0 Å². The Morgan fingerprint density at radius 2 is 1.37 bits per heavy atom. The van der Waals surface area contributed by atoms with Crippen molar-refractivity contribution in [3.05, 3.63) is 54.1 Å². The zero-order valence-corrected chi connectivity index (χ0v) is 23.5. The molecule has 1 amide bonds. The van der Waals surface area contributed by atoms with E-state index in [2.05, 4.69) is 25.5 Å². The number of hydrogen-bond donors (Lipinski definition) is 6. The molecule has 0 bridgehead atoms. The van der Waals surface area contributed by atoms with Crippen LogP contribution in [0.15, 0.2) is 48.5 Å². The standard InChI is InChI=1S/C28H36FN11O3/c29-43-23-3-1-2-22(10-23)34-25(42)11-24(41)16-4-6-21(7-5-16)35-26-36-27(39-12-17(30)8-18(31)13-39)38-28(37-26)40-14-19(32)9-20(33)15-40/h1-7,10,17-20H,8-9,11-15,30-33H2,(H,34,42)(H,35,36,37,38)/t17-,18+,19-,20+. The van der Waals surface area contributed by atoms with Gasteiger partial charge in [0, 0.05) is 77.9 Å². The second kappa shape index (κ2) is 13.2. The Morgan fingerprint density at radius 1 is 0.814 bits per heavy atom. The fourth-order valence-electron chi connectivity index (χ4n) is 5.32. The van der Waals surface area contributed by atoms with Crippen LogP contribution in [0, 0.1) is 0 Å². The van der Waals surface area contributed by atoms with E-state index in [0.29, 0.717) is 73.8 Å². The Balaban J connectivity index is 1.30. The number of anilines is 5. The van der Waals surface area contributed by atoms with Crippen LogP contribution >= 0.6 is 0 Å². The predicted octanol–water partition coefficient (Wildman–Crippen LogP) is 0.819. The second-order valence-electron chi connectivity index (χ2n) is 11.0. The molecule has 2 saturated heterocycles. The van der Waals surface area contributed by atoms with Gasteiger partial charge in [-0.05, 0) is 49.2 Å². The number of rotatable bonds is 9. The molecule has 2 aromatic carbocycles. The number of carbonyl (C=O) groups is 2. The molecule has 5 rings (SSSR count). The largest absolute Gasteiger partial charge is 0.338 e. The summed E-state index contributed by atoms with van der Waals surface area (Å²) in [5, 5.41) is 5.74. The first kappa shape index (κ1) is 30.0. The third kappa shape index (κ3) is 7.90. The number of ketones is 1. The monoisotopic (exact) mass is 593 g/mol. The summed E-state index contributed by atoms with van der Waals surface area (Å²) in [4.78, 5) is 46.7. The quantitative estimate of drug-likeness (QED) is 0.150. The lowest BCUT2D eigenvalue weighted by molar-refractivity contribution is -0.115. The first-order chi connectivity index (χ1) is 20.6. The summed E-state index contributed by atoms with van der Waals surface area (Å²) in [5.41, 5.74) is 26.2. The number of halogens is 1. The second-order valence-corrected chi connectivity index (χ2v) is 11.0. The normalized spacial score (nSPS) is 22.2. The van der Waals surface area contributed by atoms with Gasteiger partial charge in [-0.3, -0.25) is 14.5 Å². The fraction of sp³-hybridized carbons (Fsp3) is 0.393. The van der Waals surface area contributed by atoms with Gasteiger partial charge in [0.2, 0.25) is 23.8 Å². The van der Waals surface area contributed by atoms with E-state index in [-0.39, 0.29) is 35.7 Å². The average Bonchev–Trinajstić information content (AvgIpc) is 2.96. The maximum atomic E-state index is 12.7. The van der Waals surface area contributed by atoms with Gasteiger partial charge >= 0.3 is 0 Å².